The molecule has 0 aliphatic rings. The summed E-state index contributed by atoms with van der Waals surface area (Å²) >= 11 is 0. The molecule has 1 rings (SSSR count). The molecule has 0 aliphatic heterocycles. The van der Waals surface area contributed by atoms with Crippen LogP contribution in [-0.2, 0) is 11.2 Å². The number of nitro groups is 1. The molecule has 2 N–H and O–H groups in total. The Morgan fingerprint density at radius 3 is 2.53 bits per heavy atom. The fraction of sp³-hybridized carbons (Fsp3) is 0.250. The lowest BCUT2D eigenvalue weighted by Crippen LogP contribution is -2.19. The Hall–Kier alpha value is -2.59. The number of nitrogens with zero attached hydrogens (tertiary/aromatic N) is 2. The van der Waals surface area contributed by atoms with Crippen molar-refractivity contribution in [3.8, 4) is 11.6 Å². The van der Waals surface area contributed by atoms with Gasteiger partial charge in [-0.15, -0.1) is 13.2 Å². The molecule has 0 aliphatic carbocycles. The van der Waals surface area contributed by atoms with Crippen molar-refractivity contribution in [1.82, 2.24) is 4.98 Å². The third-order valence-corrected chi connectivity index (χ3v) is 1.82. The summed E-state index contributed by atoms with van der Waals surface area (Å²) in [4.78, 5) is 22.8. The van der Waals surface area contributed by atoms with E-state index >= 15 is 0 Å². The molecule has 1 aromatic rings. The third kappa shape index (κ3) is 3.69. The van der Waals surface area contributed by atoms with Crippen LogP contribution in [0.5, 0.6) is 11.6 Å². The average molecular weight is 282 g/mol. The summed E-state index contributed by atoms with van der Waals surface area (Å²) in [5.74, 6) is -3.93. The van der Waals surface area contributed by atoms with E-state index in [-0.39, 0.29) is 0 Å². The molecule has 1 aromatic heterocycles. The molecule has 8 nitrogen and oxygen atoms in total. The van der Waals surface area contributed by atoms with Crippen LogP contribution in [0.3, 0.4) is 0 Å². The number of aromatic hydroxyl groups is 1. The molecule has 0 aromatic carbocycles. The lowest BCUT2D eigenvalue weighted by Gasteiger charge is -2.10. The molecule has 11 heteroatoms. The van der Waals surface area contributed by atoms with Crippen LogP contribution in [0.1, 0.15) is 5.56 Å². The average Bonchev–Trinajstić information content (AvgIpc) is 2.19. The van der Waals surface area contributed by atoms with Gasteiger partial charge in [0.1, 0.15) is 5.75 Å². The van der Waals surface area contributed by atoms with Crippen molar-refractivity contribution in [3.05, 3.63) is 21.9 Å². The maximum absolute atomic E-state index is 12.0. The minimum absolute atomic E-state index is 0.437. The summed E-state index contributed by atoms with van der Waals surface area (Å²) in [6.07, 6.45) is -5.86. The molecule has 0 saturated carbocycles. The van der Waals surface area contributed by atoms with Crippen LogP contribution in [0.4, 0.5) is 18.9 Å². The molecule has 0 spiro atoms. The van der Waals surface area contributed by atoms with E-state index in [1.165, 1.54) is 0 Å². The first-order chi connectivity index (χ1) is 8.61. The highest BCUT2D eigenvalue weighted by Crippen LogP contribution is 2.37. The minimum Gasteiger partial charge on any atom is -0.506 e. The summed E-state index contributed by atoms with van der Waals surface area (Å²) in [6, 6.07) is 0. The van der Waals surface area contributed by atoms with E-state index in [2.05, 4.69) is 9.72 Å². The number of halogens is 3. The summed E-state index contributed by atoms with van der Waals surface area (Å²) in [5, 5.41) is 28.4. The summed E-state index contributed by atoms with van der Waals surface area (Å²) in [6.45, 7) is 0. The highest BCUT2D eigenvalue weighted by Gasteiger charge is 2.37. The zero-order valence-corrected chi connectivity index (χ0v) is 8.84. The fourth-order valence-corrected chi connectivity index (χ4v) is 1.21. The zero-order chi connectivity index (χ0) is 14.8. The number of rotatable bonds is 4. The first kappa shape index (κ1) is 14.5. The lowest BCUT2D eigenvalue weighted by molar-refractivity contribution is -0.390. The van der Waals surface area contributed by atoms with Gasteiger partial charge in [-0.1, -0.05) is 0 Å². The first-order valence-electron chi connectivity index (χ1n) is 4.44. The van der Waals surface area contributed by atoms with E-state index < -0.39 is 46.6 Å². The van der Waals surface area contributed by atoms with Gasteiger partial charge in [-0.05, 0) is 0 Å². The van der Waals surface area contributed by atoms with Gasteiger partial charge in [-0.3, -0.25) is 14.9 Å². The van der Waals surface area contributed by atoms with E-state index in [9.17, 15) is 33.2 Å². The number of carbonyl (C=O) groups is 1. The molecule has 19 heavy (non-hydrogen) atoms. The van der Waals surface area contributed by atoms with E-state index in [0.29, 0.717) is 6.20 Å². The highest BCUT2D eigenvalue weighted by molar-refractivity contribution is 5.74. The van der Waals surface area contributed by atoms with Crippen molar-refractivity contribution in [2.24, 2.45) is 0 Å². The van der Waals surface area contributed by atoms with Gasteiger partial charge >= 0.3 is 23.9 Å². The summed E-state index contributed by atoms with van der Waals surface area (Å²) < 4.78 is 39.4. The normalized spacial score (nSPS) is 11.1. The zero-order valence-electron chi connectivity index (χ0n) is 8.84. The number of carboxylic acid groups (broad SMARTS) is 1. The second kappa shape index (κ2) is 4.96. The second-order valence-electron chi connectivity index (χ2n) is 3.15. The number of aliphatic carboxylic acids is 1. The SMILES string of the molecule is O=C(O)Cc1c(O)cnc(OC(F)(F)F)c1[N+](=O)[O-]. The van der Waals surface area contributed by atoms with Crippen molar-refractivity contribution in [2.45, 2.75) is 12.8 Å². The molecule has 1 heterocycles. The first-order valence-corrected chi connectivity index (χ1v) is 4.44. The lowest BCUT2D eigenvalue weighted by atomic mass is 10.1. The molecule has 0 radical (unpaired) electrons. The Labute approximate surface area is 102 Å². The Kier molecular flexibility index (Phi) is 3.77. The van der Waals surface area contributed by atoms with Gasteiger partial charge in [-0.25, -0.2) is 4.98 Å². The fourth-order valence-electron chi connectivity index (χ4n) is 1.21. The number of alkyl halides is 3. The monoisotopic (exact) mass is 282 g/mol. The largest absolute Gasteiger partial charge is 0.574 e. The Balaban J connectivity index is 3.40. The standard InChI is InChI=1S/C8H5F3N2O6/c9-8(10,11)19-7-6(13(17)18)3(1-5(15)16)4(14)2-12-7/h2,14H,1H2,(H,15,16). The van der Waals surface area contributed by atoms with E-state index in [0.717, 1.165) is 0 Å². The second-order valence-corrected chi connectivity index (χ2v) is 3.15. The molecule has 0 amide bonds. The minimum atomic E-state index is -5.24. The molecule has 0 saturated heterocycles. The molecular formula is C8H5F3N2O6. The molecular weight excluding hydrogens is 277 g/mol. The topological polar surface area (TPSA) is 123 Å². The van der Waals surface area contributed by atoms with Crippen molar-refractivity contribution in [1.29, 1.82) is 0 Å². The van der Waals surface area contributed by atoms with E-state index in [1.807, 2.05) is 0 Å². The molecule has 0 atom stereocenters. The van der Waals surface area contributed by atoms with Crippen molar-refractivity contribution in [3.63, 3.8) is 0 Å². The van der Waals surface area contributed by atoms with Crippen LogP contribution in [-0.4, -0.2) is 32.5 Å². The van der Waals surface area contributed by atoms with Crippen LogP contribution < -0.4 is 4.74 Å². The molecule has 0 bridgehead atoms. The van der Waals surface area contributed by atoms with Crippen LogP contribution in [0.25, 0.3) is 0 Å². The number of hydrogen-bond donors (Lipinski definition) is 2. The Morgan fingerprint density at radius 2 is 2.11 bits per heavy atom. The van der Waals surface area contributed by atoms with Gasteiger partial charge in [0.25, 0.3) is 0 Å². The van der Waals surface area contributed by atoms with Gasteiger partial charge in [0.15, 0.2) is 0 Å². The van der Waals surface area contributed by atoms with Gasteiger partial charge in [-0.2, -0.15) is 0 Å². The van der Waals surface area contributed by atoms with Crippen LogP contribution in [0, 0.1) is 10.1 Å². The quantitative estimate of drug-likeness (QED) is 0.628. The predicted octanol–water partition coefficient (Wildman–Crippen LogP) is 1.22. The predicted molar refractivity (Wildman–Crippen MR) is 50.6 cm³/mol. The highest BCUT2D eigenvalue weighted by atomic mass is 19.4. The van der Waals surface area contributed by atoms with Crippen molar-refractivity contribution < 1.29 is 37.8 Å². The van der Waals surface area contributed by atoms with E-state index in [1.54, 1.807) is 0 Å². The number of carboxylic acids is 1. The van der Waals surface area contributed by atoms with Crippen molar-refractivity contribution in [2.75, 3.05) is 0 Å². The van der Waals surface area contributed by atoms with Gasteiger partial charge < -0.3 is 14.9 Å². The molecule has 0 unspecified atom stereocenters. The number of aromatic nitrogens is 1. The van der Waals surface area contributed by atoms with Gasteiger partial charge in [0.05, 0.1) is 23.1 Å². The van der Waals surface area contributed by atoms with E-state index in [4.69, 9.17) is 5.11 Å². The maximum Gasteiger partial charge on any atom is 0.574 e. The molecule has 104 valence electrons. The van der Waals surface area contributed by atoms with Gasteiger partial charge in [0, 0.05) is 0 Å². The van der Waals surface area contributed by atoms with Crippen LogP contribution in [0.15, 0.2) is 6.20 Å². The Bertz CT molecular complexity index is 530. The van der Waals surface area contributed by atoms with Crippen LogP contribution in [0.2, 0.25) is 0 Å². The number of hydrogen-bond acceptors (Lipinski definition) is 6. The third-order valence-electron chi connectivity index (χ3n) is 1.82. The van der Waals surface area contributed by atoms with Gasteiger partial charge in [0.2, 0.25) is 0 Å². The van der Waals surface area contributed by atoms with Crippen LogP contribution >= 0.6 is 0 Å². The maximum atomic E-state index is 12.0. The number of pyridine rings is 1. The summed E-state index contributed by atoms with van der Waals surface area (Å²) in [5.41, 5.74) is -2.17. The summed E-state index contributed by atoms with van der Waals surface area (Å²) in [7, 11) is 0. The Morgan fingerprint density at radius 1 is 1.53 bits per heavy atom. The number of ether oxygens (including phenoxy) is 1. The van der Waals surface area contributed by atoms with Crippen molar-refractivity contribution >= 4 is 11.7 Å². The smallest absolute Gasteiger partial charge is 0.506 e. The molecule has 0 fully saturated rings.